The molecule has 2 rings (SSSR count). The van der Waals surface area contributed by atoms with Gasteiger partial charge >= 0.3 is 0 Å². The maximum atomic E-state index is 5.71. The third-order valence-corrected chi connectivity index (χ3v) is 3.35. The molecule has 0 aliphatic rings. The number of hydrogen-bond donors (Lipinski definition) is 1. The summed E-state index contributed by atoms with van der Waals surface area (Å²) in [6.45, 7) is 5.70. The lowest BCUT2D eigenvalue weighted by molar-refractivity contribution is 0.306. The fourth-order valence-corrected chi connectivity index (χ4v) is 2.10. The number of benzene rings is 1. The molecule has 0 spiro atoms. The van der Waals surface area contributed by atoms with Gasteiger partial charge in [-0.3, -0.25) is 4.68 Å². The molecule has 0 saturated heterocycles. The van der Waals surface area contributed by atoms with E-state index in [0.717, 1.165) is 38.4 Å². The number of rotatable bonds is 10. The van der Waals surface area contributed by atoms with E-state index in [1.165, 1.54) is 18.4 Å². The Bertz CT molecular complexity index is 479. The number of aromatic nitrogens is 2. The molecule has 0 unspecified atom stereocenters. The molecule has 0 aliphatic carbocycles. The third kappa shape index (κ3) is 6.00. The maximum absolute atomic E-state index is 5.71. The van der Waals surface area contributed by atoms with Gasteiger partial charge in [0.1, 0.15) is 5.75 Å². The minimum absolute atomic E-state index is 0.815. The third-order valence-electron chi connectivity index (χ3n) is 3.35. The summed E-state index contributed by atoms with van der Waals surface area (Å²) in [6.07, 6.45) is 7.38. The summed E-state index contributed by atoms with van der Waals surface area (Å²) >= 11 is 0. The number of ether oxygens (including phenoxy) is 1. The summed E-state index contributed by atoms with van der Waals surface area (Å²) in [5, 5.41) is 7.59. The monoisotopic (exact) mass is 287 g/mol. The Morgan fingerprint density at radius 3 is 2.76 bits per heavy atom. The van der Waals surface area contributed by atoms with E-state index in [9.17, 15) is 0 Å². The lowest BCUT2D eigenvalue weighted by Crippen LogP contribution is -2.19. The van der Waals surface area contributed by atoms with Crippen LogP contribution >= 0.6 is 0 Å². The first kappa shape index (κ1) is 15.6. The van der Waals surface area contributed by atoms with Gasteiger partial charge in [0.2, 0.25) is 0 Å². The van der Waals surface area contributed by atoms with Crippen LogP contribution in [-0.4, -0.2) is 22.9 Å². The lowest BCUT2D eigenvalue weighted by Gasteiger charge is -2.08. The SMILES string of the molecule is CCCCCOc1ccc(CNCCn2cccn2)cc1. The van der Waals surface area contributed by atoms with Crippen molar-refractivity contribution in [2.45, 2.75) is 39.3 Å². The smallest absolute Gasteiger partial charge is 0.119 e. The van der Waals surface area contributed by atoms with E-state index in [1.54, 1.807) is 6.20 Å². The molecule has 0 bridgehead atoms. The van der Waals surface area contributed by atoms with Crippen LogP contribution in [0.3, 0.4) is 0 Å². The van der Waals surface area contributed by atoms with E-state index >= 15 is 0 Å². The van der Waals surface area contributed by atoms with Gasteiger partial charge in [0, 0.05) is 25.5 Å². The molecule has 0 radical (unpaired) electrons. The standard InChI is InChI=1S/C17H25N3O/c1-2-3-4-14-21-17-8-6-16(7-9-17)15-18-11-13-20-12-5-10-19-20/h5-10,12,18H,2-4,11,13-15H2,1H3. The number of nitrogens with zero attached hydrogens (tertiary/aromatic N) is 2. The summed E-state index contributed by atoms with van der Waals surface area (Å²) in [5.74, 6) is 0.964. The number of hydrogen-bond acceptors (Lipinski definition) is 3. The van der Waals surface area contributed by atoms with Crippen LogP contribution in [0.25, 0.3) is 0 Å². The van der Waals surface area contributed by atoms with Crippen molar-refractivity contribution >= 4 is 0 Å². The first-order valence-corrected chi connectivity index (χ1v) is 7.78. The van der Waals surface area contributed by atoms with Crippen LogP contribution in [0.4, 0.5) is 0 Å². The highest BCUT2D eigenvalue weighted by molar-refractivity contribution is 5.27. The second-order valence-corrected chi connectivity index (χ2v) is 5.15. The van der Waals surface area contributed by atoms with Gasteiger partial charge in [-0.05, 0) is 30.2 Å². The molecule has 4 heteroatoms. The summed E-state index contributed by atoms with van der Waals surface area (Å²) in [7, 11) is 0. The van der Waals surface area contributed by atoms with Gasteiger partial charge in [-0.25, -0.2) is 0 Å². The molecule has 1 aromatic carbocycles. The van der Waals surface area contributed by atoms with E-state index in [4.69, 9.17) is 4.74 Å². The minimum Gasteiger partial charge on any atom is -0.494 e. The van der Waals surface area contributed by atoms with E-state index < -0.39 is 0 Å². The van der Waals surface area contributed by atoms with Crippen molar-refractivity contribution in [2.75, 3.05) is 13.2 Å². The first-order valence-electron chi connectivity index (χ1n) is 7.78. The topological polar surface area (TPSA) is 39.1 Å². The average molecular weight is 287 g/mol. The highest BCUT2D eigenvalue weighted by atomic mass is 16.5. The van der Waals surface area contributed by atoms with Gasteiger partial charge in [0.25, 0.3) is 0 Å². The fourth-order valence-electron chi connectivity index (χ4n) is 2.10. The molecule has 0 aliphatic heterocycles. The molecule has 21 heavy (non-hydrogen) atoms. The van der Waals surface area contributed by atoms with E-state index in [0.29, 0.717) is 0 Å². The van der Waals surface area contributed by atoms with Crippen LogP contribution in [0.5, 0.6) is 5.75 Å². The summed E-state index contributed by atoms with van der Waals surface area (Å²) in [4.78, 5) is 0. The van der Waals surface area contributed by atoms with Crippen molar-refractivity contribution < 1.29 is 4.74 Å². The molecule has 1 heterocycles. The normalized spacial score (nSPS) is 10.7. The van der Waals surface area contributed by atoms with Crippen molar-refractivity contribution in [2.24, 2.45) is 0 Å². The molecule has 4 nitrogen and oxygen atoms in total. The molecule has 2 aromatic rings. The lowest BCUT2D eigenvalue weighted by atomic mass is 10.2. The Hall–Kier alpha value is -1.81. The van der Waals surface area contributed by atoms with Gasteiger partial charge in [-0.1, -0.05) is 31.9 Å². The quantitative estimate of drug-likeness (QED) is 0.682. The van der Waals surface area contributed by atoms with Gasteiger partial charge < -0.3 is 10.1 Å². The molecule has 114 valence electrons. The first-order chi connectivity index (χ1) is 10.4. The summed E-state index contributed by atoms with van der Waals surface area (Å²) in [6, 6.07) is 10.3. The van der Waals surface area contributed by atoms with Crippen LogP contribution in [0.1, 0.15) is 31.7 Å². The average Bonchev–Trinajstić information content (AvgIpc) is 3.03. The van der Waals surface area contributed by atoms with Gasteiger partial charge in [0.05, 0.1) is 13.2 Å². The molecule has 1 aromatic heterocycles. The van der Waals surface area contributed by atoms with Crippen LogP contribution in [-0.2, 0) is 13.1 Å². The van der Waals surface area contributed by atoms with Gasteiger partial charge in [-0.15, -0.1) is 0 Å². The zero-order valence-corrected chi connectivity index (χ0v) is 12.8. The van der Waals surface area contributed by atoms with E-state index in [-0.39, 0.29) is 0 Å². The molecular weight excluding hydrogens is 262 g/mol. The van der Waals surface area contributed by atoms with Crippen LogP contribution in [0.15, 0.2) is 42.7 Å². The van der Waals surface area contributed by atoms with Crippen molar-refractivity contribution in [3.8, 4) is 5.75 Å². The Morgan fingerprint density at radius 1 is 1.19 bits per heavy atom. The highest BCUT2D eigenvalue weighted by Gasteiger charge is 1.96. The molecule has 0 amide bonds. The second-order valence-electron chi connectivity index (χ2n) is 5.15. The maximum Gasteiger partial charge on any atom is 0.119 e. The Balaban J connectivity index is 1.62. The zero-order valence-electron chi connectivity index (χ0n) is 12.8. The fraction of sp³-hybridized carbons (Fsp3) is 0.471. The van der Waals surface area contributed by atoms with Crippen molar-refractivity contribution in [1.29, 1.82) is 0 Å². The largest absolute Gasteiger partial charge is 0.494 e. The highest BCUT2D eigenvalue weighted by Crippen LogP contribution is 2.12. The van der Waals surface area contributed by atoms with E-state index in [1.807, 2.05) is 16.9 Å². The predicted molar refractivity (Wildman–Crippen MR) is 85.4 cm³/mol. The second kappa shape index (κ2) is 9.19. The number of unbranched alkanes of at least 4 members (excludes halogenated alkanes) is 2. The molecule has 0 atom stereocenters. The van der Waals surface area contributed by atoms with Crippen LogP contribution in [0.2, 0.25) is 0 Å². The Kier molecular flexibility index (Phi) is 6.81. The van der Waals surface area contributed by atoms with Crippen molar-refractivity contribution in [3.63, 3.8) is 0 Å². The summed E-state index contributed by atoms with van der Waals surface area (Å²) in [5.41, 5.74) is 1.27. The number of nitrogens with one attached hydrogen (secondary N) is 1. The van der Waals surface area contributed by atoms with Crippen molar-refractivity contribution in [1.82, 2.24) is 15.1 Å². The predicted octanol–water partition coefficient (Wildman–Crippen LogP) is 3.24. The zero-order chi connectivity index (χ0) is 14.8. The van der Waals surface area contributed by atoms with Crippen molar-refractivity contribution in [3.05, 3.63) is 48.3 Å². The van der Waals surface area contributed by atoms with Crippen LogP contribution in [0, 0.1) is 0 Å². The Morgan fingerprint density at radius 2 is 2.05 bits per heavy atom. The Labute approximate surface area is 127 Å². The van der Waals surface area contributed by atoms with E-state index in [2.05, 4.69) is 41.6 Å². The summed E-state index contributed by atoms with van der Waals surface area (Å²) < 4.78 is 7.64. The molecule has 0 saturated carbocycles. The van der Waals surface area contributed by atoms with Gasteiger partial charge in [0.15, 0.2) is 0 Å². The molecule has 1 N–H and O–H groups in total. The minimum atomic E-state index is 0.815. The molecule has 0 fully saturated rings. The van der Waals surface area contributed by atoms with Crippen LogP contribution < -0.4 is 10.1 Å². The van der Waals surface area contributed by atoms with Gasteiger partial charge in [-0.2, -0.15) is 5.10 Å². The molecular formula is C17H25N3O.